The average molecular weight is 260 g/mol. The van der Waals surface area contributed by atoms with E-state index in [9.17, 15) is 13.2 Å². The summed E-state index contributed by atoms with van der Waals surface area (Å²) in [5, 5.41) is 8.75. The summed E-state index contributed by atoms with van der Waals surface area (Å²) in [5.74, 6) is 0.368. The average Bonchev–Trinajstić information content (AvgIpc) is 2.33. The van der Waals surface area contributed by atoms with Gasteiger partial charge in [0.05, 0.1) is 12.7 Å². The van der Waals surface area contributed by atoms with E-state index in [0.717, 1.165) is 0 Å². The number of benzene rings is 1. The first-order valence-electron chi connectivity index (χ1n) is 4.94. The van der Waals surface area contributed by atoms with Gasteiger partial charge in [0.1, 0.15) is 11.8 Å². The molecule has 0 saturated carbocycles. The Morgan fingerprint density at radius 3 is 2.67 bits per heavy atom. The molecule has 1 aromatic carbocycles. The number of nitrogens with one attached hydrogen (secondary N) is 1. The van der Waals surface area contributed by atoms with Crippen molar-refractivity contribution in [2.75, 3.05) is 13.7 Å². The van der Waals surface area contributed by atoms with Gasteiger partial charge in [0.15, 0.2) is 6.61 Å². The van der Waals surface area contributed by atoms with Crippen LogP contribution in [0.4, 0.5) is 13.2 Å². The maximum Gasteiger partial charge on any atom is 0.413 e. The quantitative estimate of drug-likeness (QED) is 0.651. The highest BCUT2D eigenvalue weighted by molar-refractivity contribution is 5.45. The summed E-state index contributed by atoms with van der Waals surface area (Å²) in [6, 6.07) is 6.62. The van der Waals surface area contributed by atoms with Crippen LogP contribution in [0.5, 0.6) is 5.75 Å². The molecule has 0 aliphatic rings. The van der Waals surface area contributed by atoms with E-state index in [-0.39, 0.29) is 6.54 Å². The van der Waals surface area contributed by atoms with Gasteiger partial charge in [-0.3, -0.25) is 4.84 Å². The summed E-state index contributed by atoms with van der Waals surface area (Å²) in [4.78, 5) is 4.25. The SMILES string of the molecule is COc1cc(CNOCC(F)(F)F)ccc1C#N. The molecule has 0 bridgehead atoms. The van der Waals surface area contributed by atoms with Crippen molar-refractivity contribution in [3.05, 3.63) is 29.3 Å². The zero-order valence-corrected chi connectivity index (χ0v) is 9.54. The van der Waals surface area contributed by atoms with Crippen molar-refractivity contribution < 1.29 is 22.7 Å². The van der Waals surface area contributed by atoms with Crippen molar-refractivity contribution in [2.24, 2.45) is 0 Å². The lowest BCUT2D eigenvalue weighted by Gasteiger charge is -2.09. The van der Waals surface area contributed by atoms with Gasteiger partial charge in [-0.1, -0.05) is 6.07 Å². The molecule has 7 heteroatoms. The fourth-order valence-electron chi connectivity index (χ4n) is 1.21. The second-order valence-electron chi connectivity index (χ2n) is 3.37. The van der Waals surface area contributed by atoms with Gasteiger partial charge in [-0.2, -0.15) is 23.9 Å². The molecule has 0 fully saturated rings. The lowest BCUT2D eigenvalue weighted by Crippen LogP contribution is -2.24. The Labute approximate surface area is 102 Å². The summed E-state index contributed by atoms with van der Waals surface area (Å²) in [7, 11) is 1.41. The van der Waals surface area contributed by atoms with E-state index in [0.29, 0.717) is 16.9 Å². The van der Waals surface area contributed by atoms with Crippen LogP contribution in [0.3, 0.4) is 0 Å². The second-order valence-corrected chi connectivity index (χ2v) is 3.37. The number of hydrogen-bond acceptors (Lipinski definition) is 4. The predicted molar refractivity (Wildman–Crippen MR) is 56.6 cm³/mol. The van der Waals surface area contributed by atoms with Gasteiger partial charge in [-0.05, 0) is 17.7 Å². The lowest BCUT2D eigenvalue weighted by molar-refractivity contribution is -0.190. The third-order valence-corrected chi connectivity index (χ3v) is 2.00. The number of nitriles is 1. The first-order valence-corrected chi connectivity index (χ1v) is 4.94. The highest BCUT2D eigenvalue weighted by atomic mass is 19.4. The fraction of sp³-hybridized carbons (Fsp3) is 0.364. The van der Waals surface area contributed by atoms with Gasteiger partial charge < -0.3 is 4.74 Å². The van der Waals surface area contributed by atoms with E-state index in [1.54, 1.807) is 12.1 Å². The molecule has 0 aromatic heterocycles. The molecule has 1 aromatic rings. The molecule has 0 unspecified atom stereocenters. The highest BCUT2D eigenvalue weighted by Crippen LogP contribution is 2.19. The van der Waals surface area contributed by atoms with Crippen molar-refractivity contribution >= 4 is 0 Å². The Hall–Kier alpha value is -1.78. The third-order valence-electron chi connectivity index (χ3n) is 2.00. The molecule has 0 saturated heterocycles. The van der Waals surface area contributed by atoms with E-state index in [1.807, 2.05) is 6.07 Å². The van der Waals surface area contributed by atoms with Crippen LogP contribution in [0.15, 0.2) is 18.2 Å². The molecule has 0 aliphatic carbocycles. The summed E-state index contributed by atoms with van der Waals surface area (Å²) >= 11 is 0. The zero-order chi connectivity index (χ0) is 13.6. The standard InChI is InChI=1S/C11H11F3N2O2/c1-17-10-4-8(2-3-9(10)5-15)6-16-18-7-11(12,13)14/h2-4,16H,6-7H2,1H3. The summed E-state index contributed by atoms with van der Waals surface area (Å²) in [5.41, 5.74) is 3.19. The topological polar surface area (TPSA) is 54.3 Å². The Kier molecular flexibility index (Phi) is 4.95. The van der Waals surface area contributed by atoms with Crippen molar-refractivity contribution in [3.63, 3.8) is 0 Å². The Balaban J connectivity index is 2.51. The van der Waals surface area contributed by atoms with Gasteiger partial charge in [0, 0.05) is 6.54 Å². The van der Waals surface area contributed by atoms with Crippen molar-refractivity contribution in [3.8, 4) is 11.8 Å². The molecular formula is C11H11F3N2O2. The normalized spacial score (nSPS) is 11.1. The maximum atomic E-state index is 11.8. The summed E-state index contributed by atoms with van der Waals surface area (Å²) in [6.07, 6.45) is -4.37. The van der Waals surface area contributed by atoms with E-state index in [1.165, 1.54) is 13.2 Å². The van der Waals surface area contributed by atoms with E-state index >= 15 is 0 Å². The second kappa shape index (κ2) is 6.23. The molecule has 18 heavy (non-hydrogen) atoms. The monoisotopic (exact) mass is 260 g/mol. The van der Waals surface area contributed by atoms with Gasteiger partial charge in [0.25, 0.3) is 0 Å². The fourth-order valence-corrected chi connectivity index (χ4v) is 1.21. The van der Waals surface area contributed by atoms with Crippen LogP contribution in [-0.4, -0.2) is 19.9 Å². The number of methoxy groups -OCH3 is 1. The summed E-state index contributed by atoms with van der Waals surface area (Å²) < 4.78 is 40.3. The van der Waals surface area contributed by atoms with E-state index in [2.05, 4.69) is 10.3 Å². The lowest BCUT2D eigenvalue weighted by atomic mass is 10.1. The van der Waals surface area contributed by atoms with Gasteiger partial charge in [-0.25, -0.2) is 0 Å². The molecule has 0 radical (unpaired) electrons. The van der Waals surface area contributed by atoms with Crippen LogP contribution in [0, 0.1) is 11.3 Å². The minimum absolute atomic E-state index is 0.0815. The van der Waals surface area contributed by atoms with Gasteiger partial charge >= 0.3 is 6.18 Å². The van der Waals surface area contributed by atoms with E-state index < -0.39 is 12.8 Å². The van der Waals surface area contributed by atoms with Gasteiger partial charge in [-0.15, -0.1) is 0 Å². The summed E-state index contributed by atoms with van der Waals surface area (Å²) in [6.45, 7) is -1.28. The third kappa shape index (κ3) is 4.61. The molecule has 0 aliphatic heterocycles. The number of alkyl halides is 3. The zero-order valence-electron chi connectivity index (χ0n) is 9.54. The Morgan fingerprint density at radius 2 is 2.11 bits per heavy atom. The molecule has 1 N–H and O–H groups in total. The number of hydroxylamine groups is 1. The molecule has 0 atom stereocenters. The first-order chi connectivity index (χ1) is 8.46. The van der Waals surface area contributed by atoms with E-state index in [4.69, 9.17) is 10.00 Å². The molecule has 1 rings (SSSR count). The molecule has 4 nitrogen and oxygen atoms in total. The minimum Gasteiger partial charge on any atom is -0.495 e. The number of rotatable bonds is 5. The molecule has 0 heterocycles. The van der Waals surface area contributed by atoms with Crippen LogP contribution in [0.25, 0.3) is 0 Å². The molecule has 0 spiro atoms. The van der Waals surface area contributed by atoms with Crippen LogP contribution >= 0.6 is 0 Å². The number of nitrogens with zero attached hydrogens (tertiary/aromatic N) is 1. The van der Waals surface area contributed by atoms with Crippen LogP contribution in [0.2, 0.25) is 0 Å². The van der Waals surface area contributed by atoms with Crippen LogP contribution in [0.1, 0.15) is 11.1 Å². The van der Waals surface area contributed by atoms with Crippen molar-refractivity contribution in [1.29, 1.82) is 5.26 Å². The maximum absolute atomic E-state index is 11.8. The van der Waals surface area contributed by atoms with Crippen molar-refractivity contribution in [2.45, 2.75) is 12.7 Å². The van der Waals surface area contributed by atoms with Crippen LogP contribution in [-0.2, 0) is 11.4 Å². The smallest absolute Gasteiger partial charge is 0.413 e. The Morgan fingerprint density at radius 1 is 1.39 bits per heavy atom. The number of halogens is 3. The highest BCUT2D eigenvalue weighted by Gasteiger charge is 2.27. The molecular weight excluding hydrogens is 249 g/mol. The minimum atomic E-state index is -4.37. The largest absolute Gasteiger partial charge is 0.495 e. The number of ether oxygens (including phenoxy) is 1. The first kappa shape index (κ1) is 14.3. The van der Waals surface area contributed by atoms with Crippen molar-refractivity contribution in [1.82, 2.24) is 5.48 Å². The Bertz CT molecular complexity index is 441. The molecule has 0 amide bonds. The predicted octanol–water partition coefficient (Wildman–Crippen LogP) is 2.15. The molecule has 98 valence electrons. The van der Waals surface area contributed by atoms with Gasteiger partial charge in [0.2, 0.25) is 0 Å². The van der Waals surface area contributed by atoms with Crippen LogP contribution < -0.4 is 10.2 Å². The number of hydrogen-bond donors (Lipinski definition) is 1.